The van der Waals surface area contributed by atoms with Gasteiger partial charge in [0, 0.05) is 11.9 Å². The van der Waals surface area contributed by atoms with Crippen LogP contribution in [0.4, 0.5) is 4.39 Å². The number of halogens is 2. The van der Waals surface area contributed by atoms with E-state index in [2.05, 4.69) is 4.98 Å². The Balaban J connectivity index is 2.16. The molecule has 0 bridgehead atoms. The third-order valence-electron chi connectivity index (χ3n) is 2.37. The lowest BCUT2D eigenvalue weighted by Gasteiger charge is -2.06. The molecule has 3 nitrogen and oxygen atoms in total. The molecule has 2 aromatic rings. The number of thioether (sulfide) groups is 1. The molecule has 1 aromatic carbocycles. The molecule has 2 rings (SSSR count). The Bertz CT molecular complexity index is 604. The number of carboxylic acid groups (broad SMARTS) is 1. The van der Waals surface area contributed by atoms with E-state index in [4.69, 9.17) is 16.7 Å². The number of carbonyl (C=O) groups is 1. The monoisotopic (exact) mass is 297 g/mol. The summed E-state index contributed by atoms with van der Waals surface area (Å²) in [5, 5.41) is 10.3. The number of pyridine rings is 1. The second kappa shape index (κ2) is 6.04. The average molecular weight is 298 g/mol. The zero-order chi connectivity index (χ0) is 13.8. The molecule has 1 heterocycles. The zero-order valence-electron chi connectivity index (χ0n) is 9.64. The number of carboxylic acids is 1. The topological polar surface area (TPSA) is 50.2 Å². The van der Waals surface area contributed by atoms with Gasteiger partial charge in [0.1, 0.15) is 5.82 Å². The molecule has 6 heteroatoms. The molecule has 0 amide bonds. The van der Waals surface area contributed by atoms with Gasteiger partial charge in [-0.15, -0.1) is 11.8 Å². The number of rotatable bonds is 4. The maximum Gasteiger partial charge on any atom is 0.335 e. The van der Waals surface area contributed by atoms with Gasteiger partial charge in [-0.2, -0.15) is 0 Å². The lowest BCUT2D eigenvalue weighted by atomic mass is 10.1. The number of aromatic carboxylic acids is 1. The molecule has 0 aliphatic heterocycles. The van der Waals surface area contributed by atoms with Crippen molar-refractivity contribution < 1.29 is 14.3 Å². The molecular weight excluding hydrogens is 289 g/mol. The predicted molar refractivity (Wildman–Crippen MR) is 72.2 cm³/mol. The van der Waals surface area contributed by atoms with E-state index in [-0.39, 0.29) is 5.56 Å². The molecule has 0 atom stereocenters. The molecule has 0 unspecified atom stereocenters. The largest absolute Gasteiger partial charge is 0.478 e. The minimum Gasteiger partial charge on any atom is -0.478 e. The van der Waals surface area contributed by atoms with Gasteiger partial charge < -0.3 is 5.11 Å². The third kappa shape index (κ3) is 3.68. The molecule has 0 spiro atoms. The lowest BCUT2D eigenvalue weighted by Crippen LogP contribution is -2.02. The molecule has 0 aliphatic carbocycles. The molecule has 1 N–H and O–H groups in total. The Morgan fingerprint density at radius 1 is 1.37 bits per heavy atom. The normalized spacial score (nSPS) is 10.4. The first kappa shape index (κ1) is 13.8. The van der Waals surface area contributed by atoms with Crippen LogP contribution in [0.2, 0.25) is 5.02 Å². The van der Waals surface area contributed by atoms with Gasteiger partial charge in [-0.05, 0) is 35.9 Å². The maximum atomic E-state index is 13.2. The fourth-order valence-corrected chi connectivity index (χ4v) is 2.44. The van der Waals surface area contributed by atoms with E-state index in [1.807, 2.05) is 0 Å². The molecule has 0 radical (unpaired) electrons. The summed E-state index contributed by atoms with van der Waals surface area (Å²) < 4.78 is 13.2. The van der Waals surface area contributed by atoms with Crippen LogP contribution in [0.3, 0.4) is 0 Å². The van der Waals surface area contributed by atoms with Gasteiger partial charge in [-0.25, -0.2) is 14.2 Å². The first-order chi connectivity index (χ1) is 9.06. The molecule has 0 saturated heterocycles. The summed E-state index contributed by atoms with van der Waals surface area (Å²) >= 11 is 7.04. The highest BCUT2D eigenvalue weighted by Crippen LogP contribution is 2.24. The number of hydrogen-bond donors (Lipinski definition) is 1. The number of nitrogens with zero attached hydrogens (tertiary/aromatic N) is 1. The highest BCUT2D eigenvalue weighted by atomic mass is 35.5. The van der Waals surface area contributed by atoms with E-state index in [9.17, 15) is 9.18 Å². The smallest absolute Gasteiger partial charge is 0.335 e. The van der Waals surface area contributed by atoms with Gasteiger partial charge in [0.15, 0.2) is 0 Å². The van der Waals surface area contributed by atoms with Gasteiger partial charge in [-0.3, -0.25) is 0 Å². The standard InChI is InChI=1S/C13H9ClFNO2S/c14-9-1-4-12(16-6-9)19-7-8-5-10(15)2-3-11(8)13(17)18/h1-6H,7H2,(H,17,18). The van der Waals surface area contributed by atoms with Gasteiger partial charge in [0.05, 0.1) is 15.6 Å². The van der Waals surface area contributed by atoms with Crippen molar-refractivity contribution >= 4 is 29.3 Å². The van der Waals surface area contributed by atoms with E-state index in [1.54, 1.807) is 12.1 Å². The quantitative estimate of drug-likeness (QED) is 0.871. The third-order valence-corrected chi connectivity index (χ3v) is 3.59. The van der Waals surface area contributed by atoms with Crippen molar-refractivity contribution in [1.29, 1.82) is 0 Å². The number of benzene rings is 1. The molecular formula is C13H9ClFNO2S. The summed E-state index contributed by atoms with van der Waals surface area (Å²) in [6.45, 7) is 0. The highest BCUT2D eigenvalue weighted by molar-refractivity contribution is 7.98. The van der Waals surface area contributed by atoms with Crippen LogP contribution >= 0.6 is 23.4 Å². The first-order valence-electron chi connectivity index (χ1n) is 5.32. The van der Waals surface area contributed by atoms with Gasteiger partial charge >= 0.3 is 5.97 Å². The summed E-state index contributed by atoms with van der Waals surface area (Å²) in [6, 6.07) is 7.06. The summed E-state index contributed by atoms with van der Waals surface area (Å²) in [5.74, 6) is -1.20. The highest BCUT2D eigenvalue weighted by Gasteiger charge is 2.11. The van der Waals surface area contributed by atoms with Crippen LogP contribution in [0, 0.1) is 5.82 Å². The Morgan fingerprint density at radius 2 is 2.16 bits per heavy atom. The van der Waals surface area contributed by atoms with Crippen LogP contribution in [-0.4, -0.2) is 16.1 Å². The Morgan fingerprint density at radius 3 is 2.79 bits per heavy atom. The molecule has 98 valence electrons. The van der Waals surface area contributed by atoms with Crippen LogP contribution < -0.4 is 0 Å². The first-order valence-corrected chi connectivity index (χ1v) is 6.68. The van der Waals surface area contributed by atoms with Crippen molar-refractivity contribution in [2.75, 3.05) is 0 Å². The van der Waals surface area contributed by atoms with E-state index in [0.29, 0.717) is 21.4 Å². The summed E-state index contributed by atoms with van der Waals surface area (Å²) in [6.07, 6.45) is 1.51. The van der Waals surface area contributed by atoms with Crippen LogP contribution in [-0.2, 0) is 5.75 Å². The number of hydrogen-bond acceptors (Lipinski definition) is 3. The van der Waals surface area contributed by atoms with Crippen LogP contribution in [0.5, 0.6) is 0 Å². The molecule has 0 fully saturated rings. The summed E-state index contributed by atoms with van der Waals surface area (Å²) in [4.78, 5) is 15.1. The summed E-state index contributed by atoms with van der Waals surface area (Å²) in [5.41, 5.74) is 0.525. The SMILES string of the molecule is O=C(O)c1ccc(F)cc1CSc1ccc(Cl)cn1. The van der Waals surface area contributed by atoms with Crippen LogP contribution in [0.25, 0.3) is 0 Å². The second-order valence-electron chi connectivity index (χ2n) is 3.71. The fraction of sp³-hybridized carbons (Fsp3) is 0.0769. The van der Waals surface area contributed by atoms with E-state index < -0.39 is 11.8 Å². The van der Waals surface area contributed by atoms with E-state index >= 15 is 0 Å². The predicted octanol–water partition coefficient (Wildman–Crippen LogP) is 3.86. The maximum absolute atomic E-state index is 13.2. The van der Waals surface area contributed by atoms with Crippen molar-refractivity contribution in [2.45, 2.75) is 10.8 Å². The Hall–Kier alpha value is -1.59. The van der Waals surface area contributed by atoms with E-state index in [1.165, 1.54) is 30.1 Å². The van der Waals surface area contributed by atoms with E-state index in [0.717, 1.165) is 6.07 Å². The minimum absolute atomic E-state index is 0.0999. The van der Waals surface area contributed by atoms with Crippen molar-refractivity contribution in [3.63, 3.8) is 0 Å². The summed E-state index contributed by atoms with van der Waals surface area (Å²) in [7, 11) is 0. The van der Waals surface area contributed by atoms with Gasteiger partial charge in [0.25, 0.3) is 0 Å². The Kier molecular flexibility index (Phi) is 4.39. The molecule has 19 heavy (non-hydrogen) atoms. The zero-order valence-corrected chi connectivity index (χ0v) is 11.2. The van der Waals surface area contributed by atoms with Crippen LogP contribution in [0.15, 0.2) is 41.6 Å². The average Bonchev–Trinajstić information content (AvgIpc) is 2.38. The fourth-order valence-electron chi connectivity index (χ4n) is 1.49. The molecule has 1 aromatic heterocycles. The van der Waals surface area contributed by atoms with Crippen molar-refractivity contribution in [2.24, 2.45) is 0 Å². The molecule has 0 saturated carbocycles. The van der Waals surface area contributed by atoms with Crippen LogP contribution in [0.1, 0.15) is 15.9 Å². The van der Waals surface area contributed by atoms with Crippen molar-refractivity contribution in [3.05, 3.63) is 58.5 Å². The Labute approximate surface area is 118 Å². The second-order valence-corrected chi connectivity index (χ2v) is 5.14. The number of aromatic nitrogens is 1. The molecule has 0 aliphatic rings. The van der Waals surface area contributed by atoms with Crippen molar-refractivity contribution in [3.8, 4) is 0 Å². The lowest BCUT2D eigenvalue weighted by molar-refractivity contribution is 0.0696. The van der Waals surface area contributed by atoms with Crippen molar-refractivity contribution in [1.82, 2.24) is 4.98 Å². The minimum atomic E-state index is -1.07. The van der Waals surface area contributed by atoms with Gasteiger partial charge in [0.2, 0.25) is 0 Å². The van der Waals surface area contributed by atoms with Gasteiger partial charge in [-0.1, -0.05) is 11.6 Å².